The molecule has 108 valence electrons. The zero-order valence-electron chi connectivity index (χ0n) is 11.6. The summed E-state index contributed by atoms with van der Waals surface area (Å²) in [6, 6.07) is 10.2. The second-order valence-electron chi connectivity index (χ2n) is 4.83. The van der Waals surface area contributed by atoms with Crippen LogP contribution in [0.1, 0.15) is 31.8 Å². The Morgan fingerprint density at radius 2 is 1.67 bits per heavy atom. The first-order chi connectivity index (χ1) is 9.86. The lowest BCUT2D eigenvalue weighted by molar-refractivity contribution is 0.0695. The van der Waals surface area contributed by atoms with E-state index >= 15 is 0 Å². The highest BCUT2D eigenvalue weighted by Crippen LogP contribution is 2.22. The SMILES string of the molecule is Cc1cc(C)cc(C(=O)Nc2ccc(Br)c(C(=O)O)c2)c1. The van der Waals surface area contributed by atoms with Gasteiger partial charge in [-0.2, -0.15) is 0 Å². The molecule has 0 saturated heterocycles. The number of aromatic carboxylic acids is 1. The van der Waals surface area contributed by atoms with Gasteiger partial charge in [0.25, 0.3) is 5.91 Å². The van der Waals surface area contributed by atoms with E-state index in [1.807, 2.05) is 19.9 Å². The molecule has 5 heteroatoms. The zero-order valence-corrected chi connectivity index (χ0v) is 13.2. The quantitative estimate of drug-likeness (QED) is 0.881. The van der Waals surface area contributed by atoms with E-state index in [4.69, 9.17) is 5.11 Å². The molecule has 2 aromatic rings. The van der Waals surface area contributed by atoms with Gasteiger partial charge in [0.05, 0.1) is 5.56 Å². The number of carbonyl (C=O) groups is 2. The van der Waals surface area contributed by atoms with Crippen LogP contribution in [0.3, 0.4) is 0 Å². The summed E-state index contributed by atoms with van der Waals surface area (Å²) in [7, 11) is 0. The molecule has 0 aliphatic heterocycles. The van der Waals surface area contributed by atoms with E-state index in [-0.39, 0.29) is 11.5 Å². The summed E-state index contributed by atoms with van der Waals surface area (Å²) in [5.74, 6) is -1.31. The molecule has 1 amide bonds. The van der Waals surface area contributed by atoms with E-state index in [1.54, 1.807) is 24.3 Å². The molecule has 0 spiro atoms. The average Bonchev–Trinajstić information content (AvgIpc) is 2.39. The first kappa shape index (κ1) is 15.3. The van der Waals surface area contributed by atoms with Crippen LogP contribution in [-0.4, -0.2) is 17.0 Å². The summed E-state index contributed by atoms with van der Waals surface area (Å²) in [4.78, 5) is 23.3. The van der Waals surface area contributed by atoms with Crippen LogP contribution in [0.15, 0.2) is 40.9 Å². The Morgan fingerprint density at radius 1 is 1.05 bits per heavy atom. The molecule has 0 bridgehead atoms. The van der Waals surface area contributed by atoms with E-state index in [1.165, 1.54) is 6.07 Å². The number of halogens is 1. The van der Waals surface area contributed by atoms with Crippen LogP contribution < -0.4 is 5.32 Å². The molecule has 0 heterocycles. The molecule has 0 aromatic heterocycles. The fraction of sp³-hybridized carbons (Fsp3) is 0.125. The number of rotatable bonds is 3. The Balaban J connectivity index is 2.27. The highest BCUT2D eigenvalue weighted by atomic mass is 79.9. The third-order valence-electron chi connectivity index (χ3n) is 2.94. The number of anilines is 1. The van der Waals surface area contributed by atoms with E-state index in [2.05, 4.69) is 21.2 Å². The van der Waals surface area contributed by atoms with Gasteiger partial charge in [-0.1, -0.05) is 17.2 Å². The predicted octanol–water partition coefficient (Wildman–Crippen LogP) is 4.02. The fourth-order valence-corrected chi connectivity index (χ4v) is 2.49. The maximum atomic E-state index is 12.2. The van der Waals surface area contributed by atoms with Gasteiger partial charge in [0, 0.05) is 15.7 Å². The number of carboxylic acid groups (broad SMARTS) is 1. The lowest BCUT2D eigenvalue weighted by Crippen LogP contribution is -2.13. The zero-order chi connectivity index (χ0) is 15.6. The molecule has 0 radical (unpaired) electrons. The van der Waals surface area contributed by atoms with Crippen LogP contribution in [0.2, 0.25) is 0 Å². The molecule has 21 heavy (non-hydrogen) atoms. The van der Waals surface area contributed by atoms with Crippen molar-refractivity contribution in [2.24, 2.45) is 0 Å². The first-order valence-corrected chi connectivity index (χ1v) is 7.08. The fourth-order valence-electron chi connectivity index (χ4n) is 2.08. The van der Waals surface area contributed by atoms with E-state index in [0.29, 0.717) is 15.7 Å². The number of carboxylic acids is 1. The van der Waals surface area contributed by atoms with Crippen molar-refractivity contribution in [2.45, 2.75) is 13.8 Å². The van der Waals surface area contributed by atoms with Crippen molar-refractivity contribution in [2.75, 3.05) is 5.32 Å². The minimum Gasteiger partial charge on any atom is -0.478 e. The van der Waals surface area contributed by atoms with Gasteiger partial charge in [-0.05, 0) is 60.1 Å². The van der Waals surface area contributed by atoms with Crippen LogP contribution in [0.4, 0.5) is 5.69 Å². The van der Waals surface area contributed by atoms with Gasteiger partial charge in [0.2, 0.25) is 0 Å². The summed E-state index contributed by atoms with van der Waals surface area (Å²) in [6.07, 6.45) is 0. The molecule has 0 fully saturated rings. The predicted molar refractivity (Wildman–Crippen MR) is 85.0 cm³/mol. The monoisotopic (exact) mass is 347 g/mol. The van der Waals surface area contributed by atoms with Gasteiger partial charge in [-0.15, -0.1) is 0 Å². The van der Waals surface area contributed by atoms with E-state index in [0.717, 1.165) is 11.1 Å². The van der Waals surface area contributed by atoms with Gasteiger partial charge in [-0.3, -0.25) is 4.79 Å². The lowest BCUT2D eigenvalue weighted by Gasteiger charge is -2.08. The number of hydrogen-bond donors (Lipinski definition) is 2. The molecule has 4 nitrogen and oxygen atoms in total. The van der Waals surface area contributed by atoms with Gasteiger partial charge >= 0.3 is 5.97 Å². The maximum Gasteiger partial charge on any atom is 0.336 e. The maximum absolute atomic E-state index is 12.2. The number of carbonyl (C=O) groups excluding carboxylic acids is 1. The third-order valence-corrected chi connectivity index (χ3v) is 3.63. The van der Waals surface area contributed by atoms with Crippen LogP contribution in [-0.2, 0) is 0 Å². The summed E-state index contributed by atoms with van der Waals surface area (Å²) in [5.41, 5.74) is 3.10. The van der Waals surface area contributed by atoms with Crippen LogP contribution >= 0.6 is 15.9 Å². The van der Waals surface area contributed by atoms with E-state index < -0.39 is 5.97 Å². The van der Waals surface area contributed by atoms with Gasteiger partial charge in [0.1, 0.15) is 0 Å². The molecule has 0 saturated carbocycles. The lowest BCUT2D eigenvalue weighted by atomic mass is 10.1. The van der Waals surface area contributed by atoms with Crippen molar-refractivity contribution in [1.82, 2.24) is 0 Å². The Morgan fingerprint density at radius 3 is 2.24 bits per heavy atom. The first-order valence-electron chi connectivity index (χ1n) is 6.29. The summed E-state index contributed by atoms with van der Waals surface area (Å²) >= 11 is 3.17. The number of aryl methyl sites for hydroxylation is 2. The van der Waals surface area contributed by atoms with Crippen molar-refractivity contribution in [3.05, 3.63) is 63.1 Å². The summed E-state index contributed by atoms with van der Waals surface area (Å²) in [5, 5.41) is 11.8. The molecule has 2 N–H and O–H groups in total. The van der Waals surface area contributed by atoms with Crippen molar-refractivity contribution in [3.63, 3.8) is 0 Å². The van der Waals surface area contributed by atoms with E-state index in [9.17, 15) is 9.59 Å². The van der Waals surface area contributed by atoms with Crippen molar-refractivity contribution < 1.29 is 14.7 Å². The topological polar surface area (TPSA) is 66.4 Å². The molecular formula is C16H14BrNO3. The summed E-state index contributed by atoms with van der Waals surface area (Å²) in [6.45, 7) is 3.85. The number of hydrogen-bond acceptors (Lipinski definition) is 2. The molecule has 2 rings (SSSR count). The molecule has 0 aliphatic carbocycles. The van der Waals surface area contributed by atoms with Crippen LogP contribution in [0.5, 0.6) is 0 Å². The van der Waals surface area contributed by atoms with Crippen molar-refractivity contribution in [1.29, 1.82) is 0 Å². The Labute approximate surface area is 130 Å². The molecule has 0 unspecified atom stereocenters. The Bertz CT molecular complexity index is 705. The van der Waals surface area contributed by atoms with Crippen LogP contribution in [0, 0.1) is 13.8 Å². The molecule has 2 aromatic carbocycles. The van der Waals surface area contributed by atoms with Crippen molar-refractivity contribution in [3.8, 4) is 0 Å². The number of amides is 1. The Hall–Kier alpha value is -2.14. The second kappa shape index (κ2) is 6.10. The highest BCUT2D eigenvalue weighted by molar-refractivity contribution is 9.10. The minimum atomic E-state index is -1.05. The van der Waals surface area contributed by atoms with Crippen molar-refractivity contribution >= 4 is 33.5 Å². The van der Waals surface area contributed by atoms with Gasteiger partial charge in [-0.25, -0.2) is 4.79 Å². The highest BCUT2D eigenvalue weighted by Gasteiger charge is 2.12. The average molecular weight is 348 g/mol. The van der Waals surface area contributed by atoms with Gasteiger partial charge in [0.15, 0.2) is 0 Å². The minimum absolute atomic E-state index is 0.105. The number of benzene rings is 2. The smallest absolute Gasteiger partial charge is 0.336 e. The summed E-state index contributed by atoms with van der Waals surface area (Å²) < 4.78 is 0.472. The standard InChI is InChI=1S/C16H14BrNO3/c1-9-5-10(2)7-11(6-9)15(19)18-12-3-4-14(17)13(8-12)16(20)21/h3-8H,1-2H3,(H,18,19)(H,20,21). The number of nitrogens with one attached hydrogen (secondary N) is 1. The normalized spacial score (nSPS) is 10.2. The second-order valence-corrected chi connectivity index (χ2v) is 5.68. The third kappa shape index (κ3) is 3.70. The molecule has 0 aliphatic rings. The van der Waals surface area contributed by atoms with Crippen LogP contribution in [0.25, 0.3) is 0 Å². The Kier molecular flexibility index (Phi) is 4.43. The largest absolute Gasteiger partial charge is 0.478 e. The van der Waals surface area contributed by atoms with Gasteiger partial charge < -0.3 is 10.4 Å². The molecule has 0 atom stereocenters. The molecular weight excluding hydrogens is 334 g/mol.